The molecule has 1 heterocycles. The smallest absolute Gasteiger partial charge is 0.410 e. The Morgan fingerprint density at radius 3 is 2.48 bits per heavy atom. The SMILES string of the molecule is COc1ccc(CN2C(=O)O[C@@H](CC(C)(C)O)[C@@H]2C)cc1. The number of methoxy groups -OCH3 is 1. The topological polar surface area (TPSA) is 59.0 Å². The lowest BCUT2D eigenvalue weighted by atomic mass is 9.97. The number of rotatable bonds is 5. The Bertz CT molecular complexity index is 492. The third-order valence-corrected chi connectivity index (χ3v) is 3.73. The van der Waals surface area contributed by atoms with E-state index in [1.807, 2.05) is 31.2 Å². The van der Waals surface area contributed by atoms with Crippen LogP contribution in [-0.2, 0) is 11.3 Å². The first-order valence-electron chi connectivity index (χ1n) is 7.13. The van der Waals surface area contributed by atoms with Crippen LogP contribution in [0.15, 0.2) is 24.3 Å². The van der Waals surface area contributed by atoms with Crippen LogP contribution in [0.25, 0.3) is 0 Å². The van der Waals surface area contributed by atoms with Gasteiger partial charge in [0.15, 0.2) is 0 Å². The Balaban J connectivity index is 2.04. The molecule has 0 spiro atoms. The Morgan fingerprint density at radius 2 is 1.95 bits per heavy atom. The lowest BCUT2D eigenvalue weighted by Gasteiger charge is -2.25. The highest BCUT2D eigenvalue weighted by Crippen LogP contribution is 2.27. The number of cyclic esters (lactones) is 1. The zero-order valence-corrected chi connectivity index (χ0v) is 13.0. The Hall–Kier alpha value is -1.75. The quantitative estimate of drug-likeness (QED) is 0.906. The molecule has 2 atom stereocenters. The molecule has 0 saturated carbocycles. The standard InChI is InChI=1S/C16H23NO4/c1-11-14(9-16(2,3)19)21-15(18)17(11)10-12-5-7-13(20-4)8-6-12/h5-8,11,14,19H,9-10H2,1-4H3/t11-,14-/m0/s1. The third-order valence-electron chi connectivity index (χ3n) is 3.73. The number of aliphatic hydroxyl groups is 1. The van der Waals surface area contributed by atoms with Gasteiger partial charge in [0.05, 0.1) is 18.8 Å². The molecule has 0 unspecified atom stereocenters. The molecular formula is C16H23NO4. The molecule has 1 saturated heterocycles. The predicted octanol–water partition coefficient (Wildman–Crippen LogP) is 2.57. The Labute approximate surface area is 125 Å². The summed E-state index contributed by atoms with van der Waals surface area (Å²) in [4.78, 5) is 13.7. The number of hydrogen-bond acceptors (Lipinski definition) is 4. The van der Waals surface area contributed by atoms with E-state index in [1.54, 1.807) is 25.9 Å². The molecule has 2 rings (SSSR count). The van der Waals surface area contributed by atoms with E-state index in [9.17, 15) is 9.90 Å². The highest BCUT2D eigenvalue weighted by atomic mass is 16.6. The minimum absolute atomic E-state index is 0.0639. The molecule has 1 fully saturated rings. The molecule has 0 bridgehead atoms. The minimum Gasteiger partial charge on any atom is -0.497 e. The summed E-state index contributed by atoms with van der Waals surface area (Å²) in [5.41, 5.74) is 0.165. The van der Waals surface area contributed by atoms with Crippen molar-refractivity contribution < 1.29 is 19.4 Å². The van der Waals surface area contributed by atoms with Crippen LogP contribution in [0.5, 0.6) is 5.75 Å². The van der Waals surface area contributed by atoms with E-state index in [1.165, 1.54) is 0 Å². The summed E-state index contributed by atoms with van der Waals surface area (Å²) in [5.74, 6) is 0.788. The summed E-state index contributed by atoms with van der Waals surface area (Å²) < 4.78 is 10.5. The fourth-order valence-electron chi connectivity index (χ4n) is 2.50. The van der Waals surface area contributed by atoms with Crippen LogP contribution < -0.4 is 4.74 Å². The lowest BCUT2D eigenvalue weighted by Crippen LogP contribution is -2.37. The fourth-order valence-corrected chi connectivity index (χ4v) is 2.50. The zero-order valence-electron chi connectivity index (χ0n) is 13.0. The summed E-state index contributed by atoms with van der Waals surface area (Å²) in [6.07, 6.45) is -0.178. The van der Waals surface area contributed by atoms with Crippen molar-refractivity contribution in [1.29, 1.82) is 0 Å². The molecule has 0 radical (unpaired) electrons. The van der Waals surface area contributed by atoms with Crippen molar-refractivity contribution in [1.82, 2.24) is 4.90 Å². The second kappa shape index (κ2) is 5.93. The molecule has 5 heteroatoms. The number of carbonyl (C=O) groups excluding carboxylic acids is 1. The second-order valence-corrected chi connectivity index (χ2v) is 6.16. The van der Waals surface area contributed by atoms with Crippen molar-refractivity contribution in [2.24, 2.45) is 0 Å². The van der Waals surface area contributed by atoms with Crippen LogP contribution in [0.1, 0.15) is 32.8 Å². The largest absolute Gasteiger partial charge is 0.497 e. The van der Waals surface area contributed by atoms with Crippen LogP contribution >= 0.6 is 0 Å². The van der Waals surface area contributed by atoms with Crippen LogP contribution in [0, 0.1) is 0 Å². The van der Waals surface area contributed by atoms with Crippen molar-refractivity contribution in [2.75, 3.05) is 7.11 Å². The van der Waals surface area contributed by atoms with Crippen LogP contribution in [0.3, 0.4) is 0 Å². The number of benzene rings is 1. The first-order valence-corrected chi connectivity index (χ1v) is 7.13. The fraction of sp³-hybridized carbons (Fsp3) is 0.562. The molecule has 1 aliphatic rings. The van der Waals surface area contributed by atoms with Gasteiger partial charge in [0.2, 0.25) is 0 Å². The molecule has 21 heavy (non-hydrogen) atoms. The first-order chi connectivity index (χ1) is 9.80. The summed E-state index contributed by atoms with van der Waals surface area (Å²) >= 11 is 0. The summed E-state index contributed by atoms with van der Waals surface area (Å²) in [5, 5.41) is 9.89. The summed E-state index contributed by atoms with van der Waals surface area (Å²) in [7, 11) is 1.62. The van der Waals surface area contributed by atoms with Gasteiger partial charge in [-0.25, -0.2) is 4.79 Å². The highest BCUT2D eigenvalue weighted by molar-refractivity contribution is 5.70. The number of hydrogen-bond donors (Lipinski definition) is 1. The molecule has 0 aromatic heterocycles. The molecule has 5 nitrogen and oxygen atoms in total. The first kappa shape index (κ1) is 15.6. The average molecular weight is 293 g/mol. The maximum Gasteiger partial charge on any atom is 0.410 e. The number of ether oxygens (including phenoxy) is 2. The van der Waals surface area contributed by atoms with Gasteiger partial charge >= 0.3 is 6.09 Å². The minimum atomic E-state index is -0.852. The van der Waals surface area contributed by atoms with Crippen molar-refractivity contribution in [3.05, 3.63) is 29.8 Å². The van der Waals surface area contributed by atoms with Gasteiger partial charge in [-0.1, -0.05) is 12.1 Å². The van der Waals surface area contributed by atoms with Crippen LogP contribution in [0.4, 0.5) is 4.79 Å². The van der Waals surface area contributed by atoms with E-state index in [4.69, 9.17) is 9.47 Å². The van der Waals surface area contributed by atoms with Crippen molar-refractivity contribution >= 4 is 6.09 Å². The normalized spacial score (nSPS) is 22.3. The zero-order chi connectivity index (χ0) is 15.6. The van der Waals surface area contributed by atoms with Gasteiger partial charge < -0.3 is 14.6 Å². The van der Waals surface area contributed by atoms with E-state index >= 15 is 0 Å². The molecular weight excluding hydrogens is 270 g/mol. The van der Waals surface area contributed by atoms with Crippen molar-refractivity contribution in [2.45, 2.75) is 51.5 Å². The van der Waals surface area contributed by atoms with Gasteiger partial charge in [0.25, 0.3) is 0 Å². The van der Waals surface area contributed by atoms with Gasteiger partial charge in [-0.05, 0) is 38.5 Å². The maximum absolute atomic E-state index is 12.0. The average Bonchev–Trinajstić information content (AvgIpc) is 2.65. The molecule has 0 aliphatic carbocycles. The lowest BCUT2D eigenvalue weighted by molar-refractivity contribution is 0.0189. The predicted molar refractivity (Wildman–Crippen MR) is 79.2 cm³/mol. The highest BCUT2D eigenvalue weighted by Gasteiger charge is 2.40. The van der Waals surface area contributed by atoms with E-state index in [0.29, 0.717) is 13.0 Å². The Kier molecular flexibility index (Phi) is 4.42. The third kappa shape index (κ3) is 3.88. The monoisotopic (exact) mass is 293 g/mol. The molecule has 116 valence electrons. The molecule has 1 aliphatic heterocycles. The van der Waals surface area contributed by atoms with Gasteiger partial charge in [-0.15, -0.1) is 0 Å². The molecule has 1 aromatic rings. The van der Waals surface area contributed by atoms with Crippen LogP contribution in [-0.4, -0.2) is 41.0 Å². The molecule has 1 amide bonds. The maximum atomic E-state index is 12.0. The molecule has 1 aromatic carbocycles. The molecule has 1 N–H and O–H groups in total. The van der Waals surface area contributed by atoms with Gasteiger partial charge in [0, 0.05) is 13.0 Å². The Morgan fingerprint density at radius 1 is 1.33 bits per heavy atom. The van der Waals surface area contributed by atoms with Crippen molar-refractivity contribution in [3.8, 4) is 5.75 Å². The number of carbonyl (C=O) groups is 1. The van der Waals surface area contributed by atoms with E-state index < -0.39 is 5.60 Å². The van der Waals surface area contributed by atoms with Crippen LogP contribution in [0.2, 0.25) is 0 Å². The van der Waals surface area contributed by atoms with Gasteiger partial charge in [0.1, 0.15) is 11.9 Å². The van der Waals surface area contributed by atoms with E-state index in [0.717, 1.165) is 11.3 Å². The number of nitrogens with zero attached hydrogens (tertiary/aromatic N) is 1. The summed E-state index contributed by atoms with van der Waals surface area (Å²) in [6, 6.07) is 7.54. The van der Waals surface area contributed by atoms with E-state index in [2.05, 4.69) is 0 Å². The van der Waals surface area contributed by atoms with Crippen molar-refractivity contribution in [3.63, 3.8) is 0 Å². The van der Waals surface area contributed by atoms with Gasteiger partial charge in [-0.2, -0.15) is 0 Å². The second-order valence-electron chi connectivity index (χ2n) is 6.16. The summed E-state index contributed by atoms with van der Waals surface area (Å²) in [6.45, 7) is 5.89. The van der Waals surface area contributed by atoms with E-state index in [-0.39, 0.29) is 18.2 Å². The van der Waals surface area contributed by atoms with Gasteiger partial charge in [-0.3, -0.25) is 4.90 Å². The number of amides is 1.